The molecule has 28 heavy (non-hydrogen) atoms. The summed E-state index contributed by atoms with van der Waals surface area (Å²) in [6.07, 6.45) is 2.07. The zero-order valence-corrected chi connectivity index (χ0v) is 20.2. The van der Waals surface area contributed by atoms with Crippen molar-refractivity contribution in [2.24, 2.45) is 12.0 Å². The van der Waals surface area contributed by atoms with Crippen LogP contribution in [0.25, 0.3) is 0 Å². The summed E-state index contributed by atoms with van der Waals surface area (Å²) in [6, 6.07) is 12.6. The van der Waals surface area contributed by atoms with E-state index in [-0.39, 0.29) is 30.0 Å². The van der Waals surface area contributed by atoms with Crippen molar-refractivity contribution in [2.45, 2.75) is 19.5 Å². The molecule has 0 saturated carbocycles. The topological polar surface area (TPSA) is 45.0 Å². The van der Waals surface area contributed by atoms with Crippen molar-refractivity contribution >= 4 is 29.9 Å². The van der Waals surface area contributed by atoms with E-state index in [4.69, 9.17) is 9.73 Å². The Morgan fingerprint density at radius 3 is 2.36 bits per heavy atom. The Balaban J connectivity index is 0.00000392. The van der Waals surface area contributed by atoms with Gasteiger partial charge in [-0.3, -0.25) is 4.99 Å². The molecule has 0 radical (unpaired) electrons. The van der Waals surface area contributed by atoms with Crippen LogP contribution in [0.4, 0.5) is 0 Å². The highest BCUT2D eigenvalue weighted by Crippen LogP contribution is 2.21. The number of guanidine groups is 1. The summed E-state index contributed by atoms with van der Waals surface area (Å²) >= 11 is 0. The van der Waals surface area contributed by atoms with Crippen LogP contribution in [0.15, 0.2) is 47.6 Å². The molecular weight excluding hydrogens is 465 g/mol. The van der Waals surface area contributed by atoms with E-state index in [1.54, 1.807) is 7.11 Å². The molecule has 0 aliphatic heterocycles. The Morgan fingerprint density at radius 1 is 1.18 bits per heavy atom. The van der Waals surface area contributed by atoms with E-state index in [1.807, 2.05) is 12.1 Å². The number of hydrogen-bond donors (Lipinski definition) is 1. The first kappa shape index (κ1) is 24.3. The predicted octanol–water partition coefficient (Wildman–Crippen LogP) is 3.35. The molecule has 0 aliphatic carbocycles. The van der Waals surface area contributed by atoms with E-state index < -0.39 is 0 Å². The molecule has 0 spiro atoms. The van der Waals surface area contributed by atoms with Crippen LogP contribution in [-0.2, 0) is 13.6 Å². The second-order valence-corrected chi connectivity index (χ2v) is 6.91. The second kappa shape index (κ2) is 12.0. The fourth-order valence-electron chi connectivity index (χ4n) is 3.01. The Kier molecular flexibility index (Phi) is 10.4. The first-order chi connectivity index (χ1) is 13.0. The summed E-state index contributed by atoms with van der Waals surface area (Å²) in [6.45, 7) is 4.42. The number of aromatic nitrogens is 1. The fourth-order valence-corrected chi connectivity index (χ4v) is 3.01. The summed E-state index contributed by atoms with van der Waals surface area (Å²) in [4.78, 5) is 9.28. The summed E-state index contributed by atoms with van der Waals surface area (Å²) in [5.41, 5.74) is 2.48. The average molecular weight is 499 g/mol. The number of aliphatic imine (C=N–C) groups is 1. The van der Waals surface area contributed by atoms with E-state index in [9.17, 15) is 0 Å². The maximum absolute atomic E-state index is 5.27. The molecular formula is C21H34IN5O. The lowest BCUT2D eigenvalue weighted by atomic mass is 10.1. The van der Waals surface area contributed by atoms with Crippen LogP contribution >= 0.6 is 24.0 Å². The van der Waals surface area contributed by atoms with E-state index in [2.05, 4.69) is 85.3 Å². The maximum atomic E-state index is 5.27. The minimum absolute atomic E-state index is 0. The zero-order valence-electron chi connectivity index (χ0n) is 17.8. The Morgan fingerprint density at radius 2 is 1.86 bits per heavy atom. The summed E-state index contributed by atoms with van der Waals surface area (Å²) in [5.74, 6) is 1.79. The van der Waals surface area contributed by atoms with Crippen molar-refractivity contribution in [2.75, 3.05) is 41.3 Å². The molecule has 0 saturated heterocycles. The van der Waals surface area contributed by atoms with E-state index in [0.29, 0.717) is 6.54 Å². The molecule has 2 aromatic rings. The van der Waals surface area contributed by atoms with Crippen LogP contribution < -0.4 is 10.1 Å². The normalized spacial score (nSPS) is 12.5. The van der Waals surface area contributed by atoms with Gasteiger partial charge in [-0.15, -0.1) is 24.0 Å². The number of rotatable bonds is 8. The van der Waals surface area contributed by atoms with Gasteiger partial charge in [-0.2, -0.15) is 0 Å². The van der Waals surface area contributed by atoms with Crippen LogP contribution in [0.2, 0.25) is 0 Å². The monoisotopic (exact) mass is 499 g/mol. The lowest BCUT2D eigenvalue weighted by Crippen LogP contribution is -2.39. The van der Waals surface area contributed by atoms with Gasteiger partial charge in [0.2, 0.25) is 0 Å². The molecule has 1 N–H and O–H groups in total. The van der Waals surface area contributed by atoms with Crippen LogP contribution in [0.1, 0.15) is 24.2 Å². The van der Waals surface area contributed by atoms with Crippen molar-refractivity contribution in [3.05, 3.63) is 53.9 Å². The maximum Gasteiger partial charge on any atom is 0.194 e. The molecule has 2 rings (SSSR count). The minimum atomic E-state index is 0. The van der Waals surface area contributed by atoms with E-state index >= 15 is 0 Å². The fraction of sp³-hybridized carbons (Fsp3) is 0.476. The van der Waals surface area contributed by atoms with Gasteiger partial charge >= 0.3 is 0 Å². The second-order valence-electron chi connectivity index (χ2n) is 6.91. The zero-order chi connectivity index (χ0) is 19.8. The standard InChI is InChI=1S/C21H33N5O.HI/c1-7-22-21(26(5)16-18-9-8-14-25(18)4)23-15-20(24(2)3)17-10-12-19(27-6)13-11-17;/h8-14,20H,7,15-16H2,1-6H3,(H,22,23);1H. The van der Waals surface area contributed by atoms with Gasteiger partial charge in [0.15, 0.2) is 5.96 Å². The number of benzene rings is 1. The first-order valence-electron chi connectivity index (χ1n) is 9.36. The highest BCUT2D eigenvalue weighted by Gasteiger charge is 2.15. The Bertz CT molecular complexity index is 727. The summed E-state index contributed by atoms with van der Waals surface area (Å²) < 4.78 is 7.41. The molecule has 0 aliphatic rings. The molecule has 6 nitrogen and oxygen atoms in total. The lowest BCUT2D eigenvalue weighted by Gasteiger charge is -2.26. The Hall–Kier alpha value is -1.74. The van der Waals surface area contributed by atoms with Crippen molar-refractivity contribution in [3.63, 3.8) is 0 Å². The molecule has 0 bridgehead atoms. The molecule has 0 fully saturated rings. The van der Waals surface area contributed by atoms with Gasteiger partial charge in [0.25, 0.3) is 0 Å². The number of ether oxygens (including phenoxy) is 1. The Labute approximate surface area is 186 Å². The number of nitrogens with zero attached hydrogens (tertiary/aromatic N) is 4. The number of hydrogen-bond acceptors (Lipinski definition) is 3. The molecule has 1 atom stereocenters. The highest BCUT2D eigenvalue weighted by atomic mass is 127. The van der Waals surface area contributed by atoms with Gasteiger partial charge < -0.3 is 24.4 Å². The van der Waals surface area contributed by atoms with Crippen molar-refractivity contribution in [1.82, 2.24) is 19.7 Å². The van der Waals surface area contributed by atoms with Gasteiger partial charge in [-0.1, -0.05) is 12.1 Å². The third-order valence-electron chi connectivity index (χ3n) is 4.68. The molecule has 0 amide bonds. The quantitative estimate of drug-likeness (QED) is 0.344. The SMILES string of the molecule is CCNC(=NCC(c1ccc(OC)cc1)N(C)C)N(C)Cc1cccn1C.I. The predicted molar refractivity (Wildman–Crippen MR) is 128 cm³/mol. The van der Waals surface area contributed by atoms with Crippen LogP contribution in [-0.4, -0.2) is 61.7 Å². The smallest absolute Gasteiger partial charge is 0.194 e. The summed E-state index contributed by atoms with van der Waals surface area (Å²) in [7, 11) is 10.0. The van der Waals surface area contributed by atoms with Gasteiger partial charge in [0, 0.05) is 32.5 Å². The van der Waals surface area contributed by atoms with Gasteiger partial charge in [0.05, 0.1) is 26.2 Å². The molecule has 1 aromatic carbocycles. The van der Waals surface area contributed by atoms with Crippen molar-refractivity contribution < 1.29 is 4.74 Å². The van der Waals surface area contributed by atoms with E-state index in [1.165, 1.54) is 11.3 Å². The number of nitrogens with one attached hydrogen (secondary N) is 1. The van der Waals surface area contributed by atoms with Crippen LogP contribution in [0.5, 0.6) is 5.75 Å². The molecule has 1 heterocycles. The third kappa shape index (κ3) is 6.70. The van der Waals surface area contributed by atoms with Crippen molar-refractivity contribution in [3.8, 4) is 5.75 Å². The number of aryl methyl sites for hydroxylation is 1. The summed E-state index contributed by atoms with van der Waals surface area (Å²) in [5, 5.41) is 3.41. The highest BCUT2D eigenvalue weighted by molar-refractivity contribution is 14.0. The lowest BCUT2D eigenvalue weighted by molar-refractivity contribution is 0.304. The van der Waals surface area contributed by atoms with Gasteiger partial charge in [0.1, 0.15) is 5.75 Å². The van der Waals surface area contributed by atoms with Crippen LogP contribution in [0, 0.1) is 0 Å². The largest absolute Gasteiger partial charge is 0.497 e. The number of likely N-dealkylation sites (N-methyl/N-ethyl adjacent to an activating group) is 1. The number of methoxy groups -OCH3 is 1. The van der Waals surface area contributed by atoms with Gasteiger partial charge in [-0.05, 0) is 50.8 Å². The number of halogens is 1. The van der Waals surface area contributed by atoms with Crippen molar-refractivity contribution in [1.29, 1.82) is 0 Å². The minimum Gasteiger partial charge on any atom is -0.497 e. The van der Waals surface area contributed by atoms with E-state index in [0.717, 1.165) is 24.8 Å². The molecule has 1 unspecified atom stereocenters. The average Bonchev–Trinajstić information content (AvgIpc) is 3.05. The molecule has 1 aromatic heterocycles. The molecule has 7 heteroatoms. The first-order valence-corrected chi connectivity index (χ1v) is 9.36. The molecule has 156 valence electrons. The van der Waals surface area contributed by atoms with Crippen LogP contribution in [0.3, 0.4) is 0 Å². The van der Waals surface area contributed by atoms with Gasteiger partial charge in [-0.25, -0.2) is 0 Å². The third-order valence-corrected chi connectivity index (χ3v) is 4.68.